The molecule has 1 rings (SSSR count). The molecule has 132 valence electrons. The van der Waals surface area contributed by atoms with E-state index >= 15 is 0 Å². The van der Waals surface area contributed by atoms with Crippen LogP contribution in [0.3, 0.4) is 0 Å². The molecule has 1 aromatic carbocycles. The monoisotopic (exact) mass is 333 g/mol. The molecule has 5 nitrogen and oxygen atoms in total. The van der Waals surface area contributed by atoms with E-state index in [0.29, 0.717) is 31.6 Å². The Hall–Kier alpha value is -2.30. The van der Waals surface area contributed by atoms with Crippen molar-refractivity contribution in [2.45, 2.75) is 45.4 Å². The molecule has 0 aliphatic heterocycles. The number of carbonyl (C=O) groups is 2. The molecule has 0 saturated heterocycles. The van der Waals surface area contributed by atoms with E-state index in [4.69, 9.17) is 15.2 Å². The van der Waals surface area contributed by atoms with Gasteiger partial charge in [0.25, 0.3) is 0 Å². The normalized spacial score (nSPS) is 10.2. The Morgan fingerprint density at radius 1 is 1.00 bits per heavy atom. The van der Waals surface area contributed by atoms with Crippen molar-refractivity contribution in [3.8, 4) is 0 Å². The number of hydrogen-bond acceptors (Lipinski definition) is 5. The minimum absolute atomic E-state index is 0.167. The average molecular weight is 333 g/mol. The SMILES string of the molecule is C=C(C)C(=O)OCCCCCCC(=O)OCCc1ccc(N)cc1. The van der Waals surface area contributed by atoms with E-state index in [-0.39, 0.29) is 11.9 Å². The van der Waals surface area contributed by atoms with Crippen molar-refractivity contribution in [3.63, 3.8) is 0 Å². The molecule has 0 saturated carbocycles. The summed E-state index contributed by atoms with van der Waals surface area (Å²) in [6.07, 6.45) is 4.54. The summed E-state index contributed by atoms with van der Waals surface area (Å²) < 4.78 is 10.2. The summed E-state index contributed by atoms with van der Waals surface area (Å²) in [4.78, 5) is 22.8. The molecule has 0 aliphatic carbocycles. The zero-order chi connectivity index (χ0) is 17.8. The van der Waals surface area contributed by atoms with Crippen LogP contribution in [0.2, 0.25) is 0 Å². The van der Waals surface area contributed by atoms with Crippen molar-refractivity contribution in [1.82, 2.24) is 0 Å². The first-order valence-corrected chi connectivity index (χ1v) is 8.31. The van der Waals surface area contributed by atoms with Crippen molar-refractivity contribution in [2.24, 2.45) is 0 Å². The van der Waals surface area contributed by atoms with Gasteiger partial charge >= 0.3 is 11.9 Å². The second kappa shape index (κ2) is 11.3. The van der Waals surface area contributed by atoms with Gasteiger partial charge in [0.1, 0.15) is 0 Å². The van der Waals surface area contributed by atoms with Crippen LogP contribution < -0.4 is 5.73 Å². The van der Waals surface area contributed by atoms with Gasteiger partial charge in [0, 0.05) is 24.1 Å². The Bertz CT molecular complexity index is 537. The largest absolute Gasteiger partial charge is 0.465 e. The standard InChI is InChI=1S/C19H27NO4/c1-15(2)19(22)24-13-6-4-3-5-7-18(21)23-14-12-16-8-10-17(20)11-9-16/h8-11H,1,3-7,12-14,20H2,2H3. The maximum atomic E-state index is 11.6. The Balaban J connectivity index is 1.97. The number of ether oxygens (including phenoxy) is 2. The quantitative estimate of drug-likeness (QED) is 0.290. The molecule has 1 aromatic rings. The number of benzene rings is 1. The molecule has 0 unspecified atom stereocenters. The molecular weight excluding hydrogens is 306 g/mol. The number of nitrogen functional groups attached to an aromatic ring is 1. The van der Waals surface area contributed by atoms with Crippen LogP contribution in [0.15, 0.2) is 36.4 Å². The van der Waals surface area contributed by atoms with E-state index in [1.807, 2.05) is 24.3 Å². The van der Waals surface area contributed by atoms with Crippen LogP contribution in [-0.4, -0.2) is 25.2 Å². The fourth-order valence-electron chi connectivity index (χ4n) is 2.05. The third kappa shape index (κ3) is 8.98. The van der Waals surface area contributed by atoms with Crippen LogP contribution in [0.1, 0.15) is 44.6 Å². The van der Waals surface area contributed by atoms with Crippen LogP contribution in [0, 0.1) is 0 Å². The van der Waals surface area contributed by atoms with Gasteiger partial charge in [-0.15, -0.1) is 0 Å². The lowest BCUT2D eigenvalue weighted by Gasteiger charge is -2.06. The van der Waals surface area contributed by atoms with Crippen LogP contribution in [0.25, 0.3) is 0 Å². The summed E-state index contributed by atoms with van der Waals surface area (Å²) in [5.74, 6) is -0.515. The molecule has 2 N–H and O–H groups in total. The third-order valence-electron chi connectivity index (χ3n) is 3.49. The molecule has 0 atom stereocenters. The van der Waals surface area contributed by atoms with Gasteiger partial charge in [-0.05, 0) is 37.5 Å². The van der Waals surface area contributed by atoms with E-state index in [2.05, 4.69) is 6.58 Å². The van der Waals surface area contributed by atoms with Gasteiger partial charge in [0.15, 0.2) is 0 Å². The van der Waals surface area contributed by atoms with Crippen LogP contribution >= 0.6 is 0 Å². The van der Waals surface area contributed by atoms with Gasteiger partial charge in [-0.3, -0.25) is 4.79 Å². The molecule has 0 aliphatic rings. The van der Waals surface area contributed by atoms with Crippen molar-refractivity contribution in [2.75, 3.05) is 18.9 Å². The Kier molecular flexibility index (Phi) is 9.27. The summed E-state index contributed by atoms with van der Waals surface area (Å²) in [5, 5.41) is 0. The zero-order valence-corrected chi connectivity index (χ0v) is 14.4. The fraction of sp³-hybridized carbons (Fsp3) is 0.474. The van der Waals surface area contributed by atoms with Crippen LogP contribution in [-0.2, 0) is 25.5 Å². The number of unbranched alkanes of at least 4 members (excludes halogenated alkanes) is 3. The highest BCUT2D eigenvalue weighted by atomic mass is 16.5. The number of carbonyl (C=O) groups excluding carboxylic acids is 2. The number of hydrogen-bond donors (Lipinski definition) is 1. The van der Waals surface area contributed by atoms with Crippen molar-refractivity contribution < 1.29 is 19.1 Å². The average Bonchev–Trinajstić information content (AvgIpc) is 2.55. The van der Waals surface area contributed by atoms with Crippen molar-refractivity contribution in [1.29, 1.82) is 0 Å². The van der Waals surface area contributed by atoms with Gasteiger partial charge in [-0.1, -0.05) is 31.6 Å². The van der Waals surface area contributed by atoms with Gasteiger partial charge in [0.2, 0.25) is 0 Å². The molecule has 0 amide bonds. The summed E-state index contributed by atoms with van der Waals surface area (Å²) >= 11 is 0. The second-order valence-electron chi connectivity index (χ2n) is 5.79. The molecule has 0 radical (unpaired) electrons. The first-order chi connectivity index (χ1) is 11.5. The molecule has 0 heterocycles. The molecule has 0 fully saturated rings. The lowest BCUT2D eigenvalue weighted by atomic mass is 10.1. The van der Waals surface area contributed by atoms with E-state index < -0.39 is 0 Å². The zero-order valence-electron chi connectivity index (χ0n) is 14.4. The van der Waals surface area contributed by atoms with Crippen molar-refractivity contribution >= 4 is 17.6 Å². The third-order valence-corrected chi connectivity index (χ3v) is 3.49. The summed E-state index contributed by atoms with van der Waals surface area (Å²) in [6, 6.07) is 7.54. The number of esters is 2. The lowest BCUT2D eigenvalue weighted by Crippen LogP contribution is -2.08. The Labute approximate surface area is 143 Å². The lowest BCUT2D eigenvalue weighted by molar-refractivity contribution is -0.143. The topological polar surface area (TPSA) is 78.6 Å². The van der Waals surface area contributed by atoms with Crippen LogP contribution in [0.4, 0.5) is 5.69 Å². The molecular formula is C19H27NO4. The maximum Gasteiger partial charge on any atom is 0.333 e. The molecule has 0 bridgehead atoms. The number of rotatable bonds is 11. The predicted molar refractivity (Wildman–Crippen MR) is 94.4 cm³/mol. The van der Waals surface area contributed by atoms with Gasteiger partial charge in [0.05, 0.1) is 13.2 Å². The van der Waals surface area contributed by atoms with E-state index in [0.717, 1.165) is 36.9 Å². The first-order valence-electron chi connectivity index (χ1n) is 8.31. The highest BCUT2D eigenvalue weighted by molar-refractivity contribution is 5.86. The number of nitrogens with two attached hydrogens (primary N) is 1. The summed E-state index contributed by atoms with van der Waals surface area (Å²) in [6.45, 7) is 5.93. The highest BCUT2D eigenvalue weighted by Crippen LogP contribution is 2.08. The maximum absolute atomic E-state index is 11.6. The predicted octanol–water partition coefficient (Wildman–Crippen LogP) is 3.42. The van der Waals surface area contributed by atoms with Gasteiger partial charge in [-0.25, -0.2) is 4.79 Å². The Morgan fingerprint density at radius 2 is 1.67 bits per heavy atom. The summed E-state index contributed by atoms with van der Waals surface area (Å²) in [5.41, 5.74) is 7.86. The fourth-order valence-corrected chi connectivity index (χ4v) is 2.05. The second-order valence-corrected chi connectivity index (χ2v) is 5.79. The minimum Gasteiger partial charge on any atom is -0.465 e. The summed E-state index contributed by atoms with van der Waals surface area (Å²) in [7, 11) is 0. The van der Waals surface area contributed by atoms with Crippen molar-refractivity contribution in [3.05, 3.63) is 42.0 Å². The molecule has 0 aromatic heterocycles. The highest BCUT2D eigenvalue weighted by Gasteiger charge is 2.04. The van der Waals surface area contributed by atoms with Crippen LogP contribution in [0.5, 0.6) is 0 Å². The molecule has 0 spiro atoms. The smallest absolute Gasteiger partial charge is 0.333 e. The van der Waals surface area contributed by atoms with E-state index in [1.54, 1.807) is 6.92 Å². The number of anilines is 1. The van der Waals surface area contributed by atoms with E-state index in [1.165, 1.54) is 0 Å². The molecule has 5 heteroatoms. The first kappa shape index (κ1) is 19.7. The van der Waals surface area contributed by atoms with Gasteiger partial charge < -0.3 is 15.2 Å². The minimum atomic E-state index is -0.348. The van der Waals surface area contributed by atoms with E-state index in [9.17, 15) is 9.59 Å². The molecule has 24 heavy (non-hydrogen) atoms. The Morgan fingerprint density at radius 3 is 2.33 bits per heavy atom. The van der Waals surface area contributed by atoms with Gasteiger partial charge in [-0.2, -0.15) is 0 Å².